The van der Waals surface area contributed by atoms with Gasteiger partial charge in [-0.1, -0.05) is 37.2 Å². The van der Waals surface area contributed by atoms with E-state index in [0.717, 1.165) is 11.8 Å². The maximum Gasteiger partial charge on any atom is 0.387 e. The van der Waals surface area contributed by atoms with Crippen LogP contribution in [0.5, 0.6) is 5.75 Å². The Kier molecular flexibility index (Phi) is 7.50. The first-order valence-corrected chi connectivity index (χ1v) is 10.8. The van der Waals surface area contributed by atoms with E-state index in [4.69, 9.17) is 11.6 Å². The number of amides is 1. The lowest BCUT2D eigenvalue weighted by Gasteiger charge is -2.15. The highest BCUT2D eigenvalue weighted by Crippen LogP contribution is 2.22. The summed E-state index contributed by atoms with van der Waals surface area (Å²) in [4.78, 5) is 29.9. The van der Waals surface area contributed by atoms with Gasteiger partial charge in [0.1, 0.15) is 5.75 Å². The second-order valence-electron chi connectivity index (χ2n) is 7.11. The topological polar surface area (TPSA) is 73.2 Å². The molecule has 10 heteroatoms. The molecule has 0 fully saturated rings. The SMILES string of the molecule is CC(C)Cn1c(SCC(=O)Nc2ccc(OC(F)F)cc2)nc2ccc(Cl)cc2c1=O. The molecular formula is C21H20ClF2N3O3S. The van der Waals surface area contributed by atoms with Crippen molar-refractivity contribution in [1.29, 1.82) is 0 Å². The number of carbonyl (C=O) groups is 1. The van der Waals surface area contributed by atoms with E-state index in [-0.39, 0.29) is 28.9 Å². The van der Waals surface area contributed by atoms with Crippen molar-refractivity contribution in [2.45, 2.75) is 32.2 Å². The summed E-state index contributed by atoms with van der Waals surface area (Å²) in [5.41, 5.74) is 0.735. The molecule has 2 aromatic carbocycles. The third-order valence-electron chi connectivity index (χ3n) is 4.12. The minimum absolute atomic E-state index is 0.000503. The predicted octanol–water partition coefficient (Wildman–Crippen LogP) is 5.04. The quantitative estimate of drug-likeness (QED) is 0.371. The third-order valence-corrected chi connectivity index (χ3v) is 5.34. The highest BCUT2D eigenvalue weighted by molar-refractivity contribution is 7.99. The average molecular weight is 468 g/mol. The van der Waals surface area contributed by atoms with Crippen LogP contribution in [0.3, 0.4) is 0 Å². The molecule has 3 aromatic rings. The number of hydrogen-bond acceptors (Lipinski definition) is 5. The Balaban J connectivity index is 1.75. The number of rotatable bonds is 8. The largest absolute Gasteiger partial charge is 0.435 e. The van der Waals surface area contributed by atoms with Crippen LogP contribution < -0.4 is 15.6 Å². The standard InChI is InChI=1S/C21H20ClF2N3O3S/c1-12(2)10-27-19(29)16-9-13(22)3-8-17(16)26-21(27)31-11-18(28)25-14-4-6-15(7-5-14)30-20(23)24/h3-9,12,20H,10-11H2,1-2H3,(H,25,28). The van der Waals surface area contributed by atoms with E-state index in [1.165, 1.54) is 24.3 Å². The van der Waals surface area contributed by atoms with Crippen molar-refractivity contribution in [3.63, 3.8) is 0 Å². The molecule has 0 radical (unpaired) electrons. The zero-order valence-electron chi connectivity index (χ0n) is 16.8. The number of thioether (sulfide) groups is 1. The van der Waals surface area contributed by atoms with Crippen LogP contribution >= 0.6 is 23.4 Å². The first-order chi connectivity index (χ1) is 14.7. The van der Waals surface area contributed by atoms with Gasteiger partial charge in [0.05, 0.1) is 16.7 Å². The lowest BCUT2D eigenvalue weighted by molar-refractivity contribution is -0.113. The third kappa shape index (κ3) is 6.18. The second-order valence-corrected chi connectivity index (χ2v) is 8.48. The fourth-order valence-electron chi connectivity index (χ4n) is 2.86. The number of halogens is 3. The molecule has 1 amide bonds. The molecule has 3 rings (SSSR count). The van der Waals surface area contributed by atoms with Gasteiger partial charge >= 0.3 is 6.61 Å². The normalized spacial score (nSPS) is 11.3. The second kappa shape index (κ2) is 10.1. The lowest BCUT2D eigenvalue weighted by atomic mass is 10.2. The summed E-state index contributed by atoms with van der Waals surface area (Å²) in [7, 11) is 0. The molecule has 164 valence electrons. The smallest absolute Gasteiger partial charge is 0.387 e. The van der Waals surface area contributed by atoms with E-state index >= 15 is 0 Å². The number of alkyl halides is 2. The van der Waals surface area contributed by atoms with E-state index in [2.05, 4.69) is 15.0 Å². The minimum Gasteiger partial charge on any atom is -0.435 e. The van der Waals surface area contributed by atoms with Gasteiger partial charge in [0.2, 0.25) is 5.91 Å². The van der Waals surface area contributed by atoms with Gasteiger partial charge < -0.3 is 10.1 Å². The molecular weight excluding hydrogens is 448 g/mol. The Bertz CT molecular complexity index is 1140. The van der Waals surface area contributed by atoms with Gasteiger partial charge in [0, 0.05) is 17.3 Å². The molecule has 1 aromatic heterocycles. The van der Waals surface area contributed by atoms with Crippen LogP contribution in [0, 0.1) is 5.92 Å². The van der Waals surface area contributed by atoms with Crippen LogP contribution in [0.1, 0.15) is 13.8 Å². The fraction of sp³-hybridized carbons (Fsp3) is 0.286. The van der Waals surface area contributed by atoms with Crippen molar-refractivity contribution < 1.29 is 18.3 Å². The summed E-state index contributed by atoms with van der Waals surface area (Å²) in [6.07, 6.45) is 0. The first-order valence-electron chi connectivity index (χ1n) is 9.40. The highest BCUT2D eigenvalue weighted by atomic mass is 35.5. The molecule has 0 bridgehead atoms. The molecule has 0 aliphatic heterocycles. The summed E-state index contributed by atoms with van der Waals surface area (Å²) in [6.45, 7) is 1.50. The number of anilines is 1. The molecule has 1 N–H and O–H groups in total. The number of fused-ring (bicyclic) bond motifs is 1. The van der Waals surface area contributed by atoms with Crippen LogP contribution in [-0.2, 0) is 11.3 Å². The summed E-state index contributed by atoms with van der Waals surface area (Å²) < 4.78 is 30.3. The molecule has 0 aliphatic carbocycles. The molecule has 0 saturated heterocycles. The van der Waals surface area contributed by atoms with E-state index < -0.39 is 6.61 Å². The van der Waals surface area contributed by atoms with Gasteiger partial charge in [-0.2, -0.15) is 8.78 Å². The number of carbonyl (C=O) groups excluding carboxylic acids is 1. The Morgan fingerprint density at radius 3 is 2.58 bits per heavy atom. The van der Waals surface area contributed by atoms with Crippen molar-refractivity contribution in [3.8, 4) is 5.75 Å². The summed E-state index contributed by atoms with van der Waals surface area (Å²) in [5.74, 6) is -0.119. The molecule has 0 saturated carbocycles. The van der Waals surface area contributed by atoms with Crippen LogP contribution in [-0.4, -0.2) is 27.8 Å². The molecule has 0 atom stereocenters. The van der Waals surface area contributed by atoms with E-state index in [9.17, 15) is 18.4 Å². The Morgan fingerprint density at radius 2 is 1.94 bits per heavy atom. The lowest BCUT2D eigenvalue weighted by Crippen LogP contribution is -2.26. The van der Waals surface area contributed by atoms with Crippen molar-refractivity contribution in [1.82, 2.24) is 9.55 Å². The molecule has 31 heavy (non-hydrogen) atoms. The van der Waals surface area contributed by atoms with Gasteiger partial charge in [-0.05, 0) is 48.4 Å². The number of nitrogens with zero attached hydrogens (tertiary/aromatic N) is 2. The van der Waals surface area contributed by atoms with Crippen molar-refractivity contribution in [2.75, 3.05) is 11.1 Å². The first kappa shape index (κ1) is 23.0. The van der Waals surface area contributed by atoms with Crippen LogP contribution in [0.25, 0.3) is 10.9 Å². The van der Waals surface area contributed by atoms with E-state index in [0.29, 0.717) is 33.3 Å². The van der Waals surface area contributed by atoms with Crippen LogP contribution in [0.2, 0.25) is 5.02 Å². The van der Waals surface area contributed by atoms with Crippen molar-refractivity contribution >= 4 is 45.9 Å². The highest BCUT2D eigenvalue weighted by Gasteiger charge is 2.15. The number of nitrogens with one attached hydrogen (secondary N) is 1. The number of hydrogen-bond donors (Lipinski definition) is 1. The molecule has 0 aliphatic rings. The number of ether oxygens (including phenoxy) is 1. The fourth-order valence-corrected chi connectivity index (χ4v) is 3.84. The minimum atomic E-state index is -2.91. The van der Waals surface area contributed by atoms with Gasteiger partial charge in [0.25, 0.3) is 5.56 Å². The number of aromatic nitrogens is 2. The maximum absolute atomic E-state index is 13.0. The van der Waals surface area contributed by atoms with Crippen LogP contribution in [0.4, 0.5) is 14.5 Å². The van der Waals surface area contributed by atoms with Gasteiger partial charge in [0.15, 0.2) is 5.16 Å². The van der Waals surface area contributed by atoms with Gasteiger partial charge in [-0.15, -0.1) is 0 Å². The maximum atomic E-state index is 13.0. The molecule has 0 unspecified atom stereocenters. The summed E-state index contributed by atoms with van der Waals surface area (Å²) >= 11 is 7.17. The average Bonchev–Trinajstić information content (AvgIpc) is 2.70. The van der Waals surface area contributed by atoms with Crippen LogP contribution in [0.15, 0.2) is 52.4 Å². The van der Waals surface area contributed by atoms with Crippen molar-refractivity contribution in [3.05, 3.63) is 57.8 Å². The zero-order chi connectivity index (χ0) is 22.5. The molecule has 0 spiro atoms. The van der Waals surface area contributed by atoms with E-state index in [1.807, 2.05) is 13.8 Å². The monoisotopic (exact) mass is 467 g/mol. The van der Waals surface area contributed by atoms with Gasteiger partial charge in [-0.25, -0.2) is 4.98 Å². The summed E-state index contributed by atoms with van der Waals surface area (Å²) in [5, 5.41) is 3.99. The Labute approximate surface area is 186 Å². The Hall–Kier alpha value is -2.65. The van der Waals surface area contributed by atoms with Crippen molar-refractivity contribution in [2.24, 2.45) is 5.92 Å². The van der Waals surface area contributed by atoms with E-state index in [1.54, 1.807) is 22.8 Å². The summed E-state index contributed by atoms with van der Waals surface area (Å²) in [6, 6.07) is 10.5. The molecule has 6 nitrogen and oxygen atoms in total. The Morgan fingerprint density at radius 1 is 1.23 bits per heavy atom. The number of benzene rings is 2. The predicted molar refractivity (Wildman–Crippen MR) is 118 cm³/mol. The van der Waals surface area contributed by atoms with Gasteiger partial charge in [-0.3, -0.25) is 14.2 Å². The zero-order valence-corrected chi connectivity index (χ0v) is 18.3. The molecule has 1 heterocycles.